The first-order valence-corrected chi connectivity index (χ1v) is 8.21. The fourth-order valence-corrected chi connectivity index (χ4v) is 3.42. The van der Waals surface area contributed by atoms with Crippen LogP contribution in [-0.2, 0) is 4.74 Å². The zero-order chi connectivity index (χ0) is 17.3. The summed E-state index contributed by atoms with van der Waals surface area (Å²) in [6, 6.07) is 13.2. The van der Waals surface area contributed by atoms with Gasteiger partial charge in [0.2, 0.25) is 0 Å². The normalized spacial score (nSPS) is 26.3. The second kappa shape index (κ2) is 6.73. The Bertz CT molecular complexity index is 695. The first-order chi connectivity index (χ1) is 11.5. The Morgan fingerprint density at radius 3 is 1.92 bits per heavy atom. The van der Waals surface area contributed by atoms with E-state index in [9.17, 15) is 5.11 Å². The Morgan fingerprint density at radius 1 is 0.792 bits per heavy atom. The third kappa shape index (κ3) is 2.94. The first-order valence-electron chi connectivity index (χ1n) is 8.21. The Hall–Kier alpha value is -2.20. The van der Waals surface area contributed by atoms with Crippen molar-refractivity contribution in [2.45, 2.75) is 26.1 Å². The number of phenolic OH excluding ortho intramolecular Hbond substituents is 1. The molecule has 0 spiro atoms. The molecule has 0 aromatic heterocycles. The van der Waals surface area contributed by atoms with Crippen molar-refractivity contribution in [2.24, 2.45) is 11.8 Å². The van der Waals surface area contributed by atoms with Crippen molar-refractivity contribution < 1.29 is 19.3 Å². The molecule has 2 aromatic rings. The van der Waals surface area contributed by atoms with Crippen LogP contribution in [0.25, 0.3) is 0 Å². The summed E-state index contributed by atoms with van der Waals surface area (Å²) in [6.07, 6.45) is 0.0114. The topological polar surface area (TPSA) is 47.9 Å². The number of rotatable bonds is 4. The van der Waals surface area contributed by atoms with Crippen LogP contribution in [0.3, 0.4) is 0 Å². The lowest BCUT2D eigenvalue weighted by atomic mass is 9.85. The lowest BCUT2D eigenvalue weighted by molar-refractivity contribution is 0.0289. The van der Waals surface area contributed by atoms with Crippen LogP contribution in [0.5, 0.6) is 17.2 Å². The molecule has 24 heavy (non-hydrogen) atoms. The molecule has 2 aromatic carbocycles. The monoisotopic (exact) mass is 328 g/mol. The molecule has 1 saturated heterocycles. The average molecular weight is 328 g/mol. The van der Waals surface area contributed by atoms with Crippen LogP contribution in [-0.4, -0.2) is 19.3 Å². The van der Waals surface area contributed by atoms with Crippen LogP contribution in [0.1, 0.15) is 37.2 Å². The minimum atomic E-state index is -0.00129. The number of phenols is 1. The van der Waals surface area contributed by atoms with Gasteiger partial charge in [0.05, 0.1) is 26.4 Å². The highest BCUT2D eigenvalue weighted by atomic mass is 16.5. The lowest BCUT2D eigenvalue weighted by Crippen LogP contribution is -2.10. The molecule has 0 radical (unpaired) electrons. The van der Waals surface area contributed by atoms with Gasteiger partial charge in [-0.2, -0.15) is 0 Å². The summed E-state index contributed by atoms with van der Waals surface area (Å²) in [5, 5.41) is 9.49. The average Bonchev–Trinajstić information content (AvgIpc) is 2.90. The maximum Gasteiger partial charge on any atom is 0.161 e. The summed E-state index contributed by atoms with van der Waals surface area (Å²) < 4.78 is 17.1. The van der Waals surface area contributed by atoms with E-state index >= 15 is 0 Å². The van der Waals surface area contributed by atoms with Crippen LogP contribution in [0.4, 0.5) is 0 Å². The van der Waals surface area contributed by atoms with Crippen molar-refractivity contribution in [3.8, 4) is 17.2 Å². The van der Waals surface area contributed by atoms with Crippen LogP contribution >= 0.6 is 0 Å². The van der Waals surface area contributed by atoms with Gasteiger partial charge in [0.1, 0.15) is 5.75 Å². The summed E-state index contributed by atoms with van der Waals surface area (Å²) in [5.74, 6) is 2.44. The molecule has 1 aliphatic heterocycles. The van der Waals surface area contributed by atoms with Crippen molar-refractivity contribution in [1.82, 2.24) is 0 Å². The number of benzene rings is 2. The largest absolute Gasteiger partial charge is 0.508 e. The number of ether oxygens (including phenoxy) is 3. The zero-order valence-corrected chi connectivity index (χ0v) is 14.5. The quantitative estimate of drug-likeness (QED) is 0.898. The number of hydrogen-bond acceptors (Lipinski definition) is 4. The van der Waals surface area contributed by atoms with Crippen molar-refractivity contribution in [1.29, 1.82) is 0 Å². The molecule has 0 amide bonds. The second-order valence-corrected chi connectivity index (χ2v) is 6.40. The van der Waals surface area contributed by atoms with Gasteiger partial charge in [0.15, 0.2) is 11.5 Å². The van der Waals surface area contributed by atoms with E-state index in [2.05, 4.69) is 13.8 Å². The fourth-order valence-electron chi connectivity index (χ4n) is 3.42. The predicted octanol–water partition coefficient (Wildman–Crippen LogP) is 4.49. The van der Waals surface area contributed by atoms with Crippen molar-refractivity contribution in [2.75, 3.05) is 14.2 Å². The molecular formula is C20H24O4. The predicted molar refractivity (Wildman–Crippen MR) is 92.5 cm³/mol. The third-order valence-corrected chi connectivity index (χ3v) is 5.04. The van der Waals surface area contributed by atoms with Gasteiger partial charge < -0.3 is 19.3 Å². The van der Waals surface area contributed by atoms with Crippen LogP contribution in [0.15, 0.2) is 42.5 Å². The minimum absolute atomic E-state index is 0.00129. The summed E-state index contributed by atoms with van der Waals surface area (Å²) in [7, 11) is 3.28. The summed E-state index contributed by atoms with van der Waals surface area (Å²) in [4.78, 5) is 0. The van der Waals surface area contributed by atoms with E-state index in [-0.39, 0.29) is 18.0 Å². The summed E-state index contributed by atoms with van der Waals surface area (Å²) >= 11 is 0. The first kappa shape index (κ1) is 16.7. The van der Waals surface area contributed by atoms with E-state index in [1.165, 1.54) is 0 Å². The highest BCUT2D eigenvalue weighted by Gasteiger charge is 2.40. The molecule has 1 heterocycles. The molecule has 0 aliphatic carbocycles. The van der Waals surface area contributed by atoms with Crippen molar-refractivity contribution in [3.63, 3.8) is 0 Å². The number of hydrogen-bond donors (Lipinski definition) is 1. The molecule has 0 unspecified atom stereocenters. The van der Waals surface area contributed by atoms with E-state index in [4.69, 9.17) is 14.2 Å². The van der Waals surface area contributed by atoms with Gasteiger partial charge in [-0.05, 0) is 47.2 Å². The highest BCUT2D eigenvalue weighted by Crippen LogP contribution is 2.49. The molecule has 3 rings (SSSR count). The van der Waals surface area contributed by atoms with Crippen molar-refractivity contribution >= 4 is 0 Å². The second-order valence-electron chi connectivity index (χ2n) is 6.40. The molecular weight excluding hydrogens is 304 g/mol. The SMILES string of the molecule is COc1ccc([C@@H]2O[C@H](c3ccc(O)cc3)[C@H](C)[C@@H]2C)cc1OC. The van der Waals surface area contributed by atoms with E-state index in [0.717, 1.165) is 16.9 Å². The molecule has 1 aliphatic rings. The fraction of sp³-hybridized carbons (Fsp3) is 0.400. The van der Waals surface area contributed by atoms with E-state index in [1.54, 1.807) is 26.4 Å². The molecule has 0 bridgehead atoms. The van der Waals surface area contributed by atoms with Gasteiger partial charge in [-0.3, -0.25) is 0 Å². The van der Waals surface area contributed by atoms with Crippen LogP contribution < -0.4 is 9.47 Å². The van der Waals surface area contributed by atoms with Gasteiger partial charge in [0.25, 0.3) is 0 Å². The Kier molecular flexibility index (Phi) is 4.67. The summed E-state index contributed by atoms with van der Waals surface area (Å²) in [6.45, 7) is 4.43. The molecule has 128 valence electrons. The standard InChI is InChI=1S/C20H24O4/c1-12-13(2)20(15-7-10-17(22-3)18(11-15)23-4)24-19(12)14-5-8-16(21)9-6-14/h5-13,19-21H,1-4H3/t12-,13+,19+,20-/m1/s1. The third-order valence-electron chi connectivity index (χ3n) is 5.04. The molecule has 4 heteroatoms. The van der Waals surface area contributed by atoms with Crippen LogP contribution in [0.2, 0.25) is 0 Å². The molecule has 1 fully saturated rings. The Balaban J connectivity index is 1.88. The highest BCUT2D eigenvalue weighted by molar-refractivity contribution is 5.44. The Labute approximate surface area is 143 Å². The van der Waals surface area contributed by atoms with E-state index in [1.807, 2.05) is 30.3 Å². The Morgan fingerprint density at radius 2 is 1.33 bits per heavy atom. The molecule has 4 nitrogen and oxygen atoms in total. The van der Waals surface area contributed by atoms with E-state index in [0.29, 0.717) is 17.6 Å². The minimum Gasteiger partial charge on any atom is -0.508 e. The molecule has 1 N–H and O–H groups in total. The maximum absolute atomic E-state index is 9.49. The lowest BCUT2D eigenvalue weighted by Gasteiger charge is -2.18. The summed E-state index contributed by atoms with van der Waals surface area (Å²) in [5.41, 5.74) is 2.18. The number of methoxy groups -OCH3 is 2. The van der Waals surface area contributed by atoms with E-state index < -0.39 is 0 Å². The number of aromatic hydroxyl groups is 1. The van der Waals surface area contributed by atoms with Gasteiger partial charge in [-0.15, -0.1) is 0 Å². The molecule has 0 saturated carbocycles. The van der Waals surface area contributed by atoms with Crippen molar-refractivity contribution in [3.05, 3.63) is 53.6 Å². The smallest absolute Gasteiger partial charge is 0.161 e. The van der Waals surface area contributed by atoms with Gasteiger partial charge in [-0.1, -0.05) is 32.0 Å². The van der Waals surface area contributed by atoms with Gasteiger partial charge >= 0.3 is 0 Å². The van der Waals surface area contributed by atoms with Gasteiger partial charge in [-0.25, -0.2) is 0 Å². The zero-order valence-electron chi connectivity index (χ0n) is 14.5. The van der Waals surface area contributed by atoms with Crippen LogP contribution in [0, 0.1) is 11.8 Å². The maximum atomic E-state index is 9.49. The van der Waals surface area contributed by atoms with Gasteiger partial charge in [0, 0.05) is 0 Å². The molecule has 4 atom stereocenters.